The van der Waals surface area contributed by atoms with Crippen molar-refractivity contribution in [1.29, 1.82) is 0 Å². The molecule has 1 aromatic rings. The van der Waals surface area contributed by atoms with Gasteiger partial charge in [-0.2, -0.15) is 0 Å². The Bertz CT molecular complexity index is 270. The first kappa shape index (κ1) is 7.35. The van der Waals surface area contributed by atoms with Crippen molar-refractivity contribution in [3.63, 3.8) is 0 Å². The fraction of sp³-hybridized carbons (Fsp3) is 0.125. The van der Waals surface area contributed by atoms with Crippen molar-refractivity contribution in [1.82, 2.24) is 0 Å². The van der Waals surface area contributed by atoms with Gasteiger partial charge < -0.3 is 0 Å². The topological polar surface area (TPSA) is 17.1 Å². The smallest absolute Gasteiger partial charge is 0.178 e. The van der Waals surface area contributed by atoms with E-state index in [-0.39, 0.29) is 5.43 Å². The summed E-state index contributed by atoms with van der Waals surface area (Å²) in [5.74, 6) is 0. The molecule has 1 rings (SSSR count). The highest BCUT2D eigenvalue weighted by atomic mass is 32.2. The highest BCUT2D eigenvalue weighted by molar-refractivity contribution is 7.98. The van der Waals surface area contributed by atoms with Crippen LogP contribution in [0.25, 0.3) is 0 Å². The lowest BCUT2D eigenvalue weighted by Gasteiger charge is -1.84. The molecular formula is C8H8OS. The fourth-order valence-corrected chi connectivity index (χ4v) is 1.07. The van der Waals surface area contributed by atoms with E-state index in [9.17, 15) is 4.79 Å². The third-order valence-electron chi connectivity index (χ3n) is 1.17. The summed E-state index contributed by atoms with van der Waals surface area (Å²) < 4.78 is 0. The van der Waals surface area contributed by atoms with E-state index in [4.69, 9.17) is 0 Å². The molecule has 0 unspecified atom stereocenters. The van der Waals surface area contributed by atoms with E-state index in [0.717, 1.165) is 4.90 Å². The molecule has 0 spiro atoms. The summed E-state index contributed by atoms with van der Waals surface area (Å²) in [5, 5.41) is 0. The summed E-state index contributed by atoms with van der Waals surface area (Å²) >= 11 is 1.63. The zero-order valence-electron chi connectivity index (χ0n) is 5.70. The van der Waals surface area contributed by atoms with Crippen LogP contribution in [-0.4, -0.2) is 6.26 Å². The molecule has 0 fully saturated rings. The third kappa shape index (κ3) is 1.88. The maximum absolute atomic E-state index is 10.7. The minimum absolute atomic E-state index is 0.0558. The van der Waals surface area contributed by atoms with E-state index >= 15 is 0 Å². The molecule has 52 valence electrons. The summed E-state index contributed by atoms with van der Waals surface area (Å²) in [6.07, 6.45) is 1.99. The van der Waals surface area contributed by atoms with E-state index in [1.807, 2.05) is 18.4 Å². The van der Waals surface area contributed by atoms with Crippen LogP contribution in [-0.2, 0) is 0 Å². The average molecular weight is 152 g/mol. The molecule has 0 saturated carbocycles. The molecule has 0 saturated heterocycles. The van der Waals surface area contributed by atoms with Crippen LogP contribution in [0.3, 0.4) is 0 Å². The Kier molecular flexibility index (Phi) is 2.51. The second-order valence-corrected chi connectivity index (χ2v) is 2.75. The quantitative estimate of drug-likeness (QED) is 0.570. The van der Waals surface area contributed by atoms with E-state index in [0.29, 0.717) is 0 Å². The Morgan fingerprint density at radius 1 is 1.20 bits per heavy atom. The normalized spacial score (nSPS) is 9.30. The Morgan fingerprint density at radius 3 is 2.70 bits per heavy atom. The second kappa shape index (κ2) is 3.42. The predicted octanol–water partition coefficient (Wildman–Crippen LogP) is 1.77. The Labute approximate surface area is 64.1 Å². The van der Waals surface area contributed by atoms with Crippen LogP contribution in [0.4, 0.5) is 0 Å². The minimum Gasteiger partial charge on any atom is -0.290 e. The molecule has 0 bridgehead atoms. The van der Waals surface area contributed by atoms with Crippen LogP contribution in [0.1, 0.15) is 0 Å². The molecule has 0 aliphatic heterocycles. The van der Waals surface area contributed by atoms with Crippen LogP contribution in [0, 0.1) is 0 Å². The van der Waals surface area contributed by atoms with Crippen LogP contribution in [0.2, 0.25) is 0 Å². The first-order valence-corrected chi connectivity index (χ1v) is 4.20. The van der Waals surface area contributed by atoms with E-state index < -0.39 is 0 Å². The highest BCUT2D eigenvalue weighted by Gasteiger charge is 1.83. The maximum Gasteiger partial charge on any atom is 0.178 e. The Morgan fingerprint density at radius 2 is 2.00 bits per heavy atom. The van der Waals surface area contributed by atoms with Gasteiger partial charge in [-0.3, -0.25) is 4.79 Å². The van der Waals surface area contributed by atoms with Crippen molar-refractivity contribution in [3.8, 4) is 0 Å². The van der Waals surface area contributed by atoms with Crippen LogP contribution in [0.5, 0.6) is 0 Å². The molecule has 1 aromatic carbocycles. The van der Waals surface area contributed by atoms with Crippen molar-refractivity contribution in [2.75, 3.05) is 6.26 Å². The number of hydrogen-bond donors (Lipinski definition) is 0. The van der Waals surface area contributed by atoms with Crippen molar-refractivity contribution in [2.45, 2.75) is 4.90 Å². The zero-order chi connectivity index (χ0) is 7.40. The standard InChI is InChI=1S/C8H8OS/c1-10-8-4-2-3-7(9)5-6-8/h2-6H,1H3. The van der Waals surface area contributed by atoms with Gasteiger partial charge >= 0.3 is 0 Å². The fourth-order valence-electron chi connectivity index (χ4n) is 0.649. The molecule has 0 N–H and O–H groups in total. The summed E-state index contributed by atoms with van der Waals surface area (Å²) in [5.41, 5.74) is 0.0558. The lowest BCUT2D eigenvalue weighted by atomic mass is 10.5. The molecule has 10 heavy (non-hydrogen) atoms. The largest absolute Gasteiger partial charge is 0.290 e. The van der Waals surface area contributed by atoms with Crippen molar-refractivity contribution in [2.24, 2.45) is 0 Å². The van der Waals surface area contributed by atoms with Crippen molar-refractivity contribution >= 4 is 11.8 Å². The van der Waals surface area contributed by atoms with E-state index in [2.05, 4.69) is 0 Å². The Hall–Kier alpha value is -0.760. The van der Waals surface area contributed by atoms with Crippen molar-refractivity contribution in [3.05, 3.63) is 40.6 Å². The summed E-state index contributed by atoms with van der Waals surface area (Å²) in [6.45, 7) is 0. The molecule has 0 aromatic heterocycles. The van der Waals surface area contributed by atoms with E-state index in [1.54, 1.807) is 30.0 Å². The van der Waals surface area contributed by atoms with Gasteiger partial charge in [-0.25, -0.2) is 0 Å². The molecular weight excluding hydrogens is 144 g/mol. The van der Waals surface area contributed by atoms with Gasteiger partial charge in [-0.1, -0.05) is 6.07 Å². The van der Waals surface area contributed by atoms with Gasteiger partial charge in [0.2, 0.25) is 0 Å². The van der Waals surface area contributed by atoms with Crippen LogP contribution < -0.4 is 5.43 Å². The van der Waals surface area contributed by atoms with Gasteiger partial charge in [0, 0.05) is 4.90 Å². The van der Waals surface area contributed by atoms with Gasteiger partial charge in [0.15, 0.2) is 5.43 Å². The molecule has 0 aliphatic carbocycles. The van der Waals surface area contributed by atoms with E-state index in [1.165, 1.54) is 0 Å². The lowest BCUT2D eigenvalue weighted by Crippen LogP contribution is -1.87. The number of rotatable bonds is 1. The average Bonchev–Trinajstić information content (AvgIpc) is 2.14. The monoisotopic (exact) mass is 152 g/mol. The van der Waals surface area contributed by atoms with Gasteiger partial charge in [0.25, 0.3) is 0 Å². The Balaban J connectivity index is 3.16. The first-order chi connectivity index (χ1) is 4.83. The zero-order valence-corrected chi connectivity index (χ0v) is 6.52. The van der Waals surface area contributed by atoms with Crippen LogP contribution in [0.15, 0.2) is 40.0 Å². The number of thioether (sulfide) groups is 1. The molecule has 0 amide bonds. The molecule has 0 radical (unpaired) electrons. The second-order valence-electron chi connectivity index (χ2n) is 1.87. The third-order valence-corrected chi connectivity index (χ3v) is 1.91. The number of hydrogen-bond acceptors (Lipinski definition) is 2. The summed E-state index contributed by atoms with van der Waals surface area (Å²) in [6, 6.07) is 8.65. The molecule has 0 heterocycles. The van der Waals surface area contributed by atoms with Gasteiger partial charge in [-0.05, 0) is 30.5 Å². The first-order valence-electron chi connectivity index (χ1n) is 2.97. The highest BCUT2D eigenvalue weighted by Crippen LogP contribution is 2.09. The summed E-state index contributed by atoms with van der Waals surface area (Å²) in [7, 11) is 0. The van der Waals surface area contributed by atoms with Crippen molar-refractivity contribution < 1.29 is 0 Å². The molecule has 0 atom stereocenters. The lowest BCUT2D eigenvalue weighted by molar-refractivity contribution is 1.52. The minimum atomic E-state index is 0.0558. The molecule has 1 nitrogen and oxygen atoms in total. The molecule has 2 heteroatoms. The van der Waals surface area contributed by atoms with Gasteiger partial charge in [-0.15, -0.1) is 11.8 Å². The van der Waals surface area contributed by atoms with Gasteiger partial charge in [0.05, 0.1) is 0 Å². The summed E-state index contributed by atoms with van der Waals surface area (Å²) in [4.78, 5) is 11.8. The maximum atomic E-state index is 10.7. The molecule has 0 aliphatic rings. The SMILES string of the molecule is CSc1cccc(=O)cc1. The van der Waals surface area contributed by atoms with Gasteiger partial charge in [0.1, 0.15) is 0 Å². The van der Waals surface area contributed by atoms with Crippen LogP contribution >= 0.6 is 11.8 Å². The predicted molar refractivity (Wildman–Crippen MR) is 44.5 cm³/mol.